The molecule has 0 spiro atoms. The Labute approximate surface area is 106 Å². The van der Waals surface area contributed by atoms with Crippen LogP contribution in [0.1, 0.15) is 39.6 Å². The summed E-state index contributed by atoms with van der Waals surface area (Å²) in [5.74, 6) is 0. The van der Waals surface area contributed by atoms with Gasteiger partial charge in [-0.15, -0.1) is 11.3 Å². The van der Waals surface area contributed by atoms with Crippen molar-refractivity contribution in [2.45, 2.75) is 33.3 Å². The third-order valence-electron chi connectivity index (χ3n) is 2.62. The van der Waals surface area contributed by atoms with E-state index in [1.165, 1.54) is 16.7 Å². The number of aliphatic hydroxyl groups excluding tert-OH is 1. The van der Waals surface area contributed by atoms with Crippen LogP contribution in [0, 0.1) is 13.8 Å². The third kappa shape index (κ3) is 3.14. The van der Waals surface area contributed by atoms with Crippen LogP contribution in [0.15, 0.2) is 24.4 Å². The molecule has 1 unspecified atom stereocenters. The van der Waals surface area contributed by atoms with Crippen LogP contribution in [0.2, 0.25) is 0 Å². The number of rotatable bonds is 3. The topological polar surface area (TPSA) is 33.1 Å². The molecule has 1 atom stereocenters. The fraction of sp³-hybridized carbons (Fsp3) is 0.357. The highest BCUT2D eigenvalue weighted by molar-refractivity contribution is 7.11. The quantitative estimate of drug-likeness (QED) is 0.901. The molecule has 0 amide bonds. The predicted octanol–water partition coefficient (Wildman–Crippen LogP) is 3.40. The Hall–Kier alpha value is -1.19. The lowest BCUT2D eigenvalue weighted by Crippen LogP contribution is -1.89. The van der Waals surface area contributed by atoms with Gasteiger partial charge >= 0.3 is 0 Å². The van der Waals surface area contributed by atoms with Crippen molar-refractivity contribution in [1.29, 1.82) is 0 Å². The van der Waals surface area contributed by atoms with Crippen LogP contribution in [0.3, 0.4) is 0 Å². The molecule has 0 radical (unpaired) electrons. The molecule has 0 aliphatic rings. The molecule has 1 aromatic heterocycles. The van der Waals surface area contributed by atoms with Gasteiger partial charge in [-0.3, -0.25) is 0 Å². The van der Waals surface area contributed by atoms with E-state index in [4.69, 9.17) is 0 Å². The summed E-state index contributed by atoms with van der Waals surface area (Å²) in [4.78, 5) is 5.29. The summed E-state index contributed by atoms with van der Waals surface area (Å²) in [6.45, 7) is 5.99. The molecule has 90 valence electrons. The first-order valence-electron chi connectivity index (χ1n) is 5.74. The van der Waals surface area contributed by atoms with Gasteiger partial charge in [0.1, 0.15) is 0 Å². The van der Waals surface area contributed by atoms with Gasteiger partial charge in [-0.2, -0.15) is 0 Å². The molecule has 1 heterocycles. The molecule has 2 nitrogen and oxygen atoms in total. The van der Waals surface area contributed by atoms with E-state index >= 15 is 0 Å². The SMILES string of the molecule is Cc1cc(C)cc(Cc2ncc(C(C)O)s2)c1. The smallest absolute Gasteiger partial charge is 0.0972 e. The minimum atomic E-state index is -0.416. The van der Waals surface area contributed by atoms with E-state index in [1.807, 2.05) is 0 Å². The first kappa shape index (κ1) is 12.3. The summed E-state index contributed by atoms with van der Waals surface area (Å²) in [5, 5.41) is 10.5. The lowest BCUT2D eigenvalue weighted by molar-refractivity contribution is 0.203. The average Bonchev–Trinajstić information content (AvgIpc) is 2.64. The van der Waals surface area contributed by atoms with E-state index in [-0.39, 0.29) is 0 Å². The molecule has 2 rings (SSSR count). The minimum Gasteiger partial charge on any atom is -0.388 e. The first-order chi connectivity index (χ1) is 8.04. The monoisotopic (exact) mass is 247 g/mol. The highest BCUT2D eigenvalue weighted by Gasteiger charge is 2.07. The highest BCUT2D eigenvalue weighted by atomic mass is 32.1. The number of aliphatic hydroxyl groups is 1. The van der Waals surface area contributed by atoms with E-state index in [9.17, 15) is 5.11 Å². The van der Waals surface area contributed by atoms with E-state index in [0.29, 0.717) is 0 Å². The van der Waals surface area contributed by atoms with Gasteiger partial charge in [-0.05, 0) is 26.3 Å². The van der Waals surface area contributed by atoms with Crippen LogP contribution in [0.5, 0.6) is 0 Å². The zero-order valence-corrected chi connectivity index (χ0v) is 11.2. The fourth-order valence-electron chi connectivity index (χ4n) is 1.94. The molecule has 0 fully saturated rings. The number of aryl methyl sites for hydroxylation is 2. The molecule has 3 heteroatoms. The lowest BCUT2D eigenvalue weighted by atomic mass is 10.1. The van der Waals surface area contributed by atoms with E-state index < -0.39 is 6.10 Å². The summed E-state index contributed by atoms with van der Waals surface area (Å²) >= 11 is 1.59. The molecule has 17 heavy (non-hydrogen) atoms. The summed E-state index contributed by atoms with van der Waals surface area (Å²) < 4.78 is 0. The van der Waals surface area contributed by atoms with Crippen molar-refractivity contribution in [2.75, 3.05) is 0 Å². The number of nitrogens with zero attached hydrogens (tertiary/aromatic N) is 1. The Balaban J connectivity index is 2.19. The van der Waals surface area contributed by atoms with Crippen LogP contribution in [0.25, 0.3) is 0 Å². The number of aromatic nitrogens is 1. The maximum Gasteiger partial charge on any atom is 0.0972 e. The van der Waals surface area contributed by atoms with Crippen LogP contribution >= 0.6 is 11.3 Å². The van der Waals surface area contributed by atoms with Crippen molar-refractivity contribution >= 4 is 11.3 Å². The van der Waals surface area contributed by atoms with Crippen LogP contribution in [-0.4, -0.2) is 10.1 Å². The van der Waals surface area contributed by atoms with Crippen LogP contribution in [-0.2, 0) is 6.42 Å². The Morgan fingerprint density at radius 3 is 2.41 bits per heavy atom. The molecule has 0 aliphatic heterocycles. The molecule has 1 aromatic carbocycles. The summed E-state index contributed by atoms with van der Waals surface area (Å²) in [6.07, 6.45) is 2.20. The molecule has 0 bridgehead atoms. The number of benzene rings is 1. The summed E-state index contributed by atoms with van der Waals surface area (Å²) in [5.41, 5.74) is 3.86. The van der Waals surface area contributed by atoms with Gasteiger partial charge in [0.05, 0.1) is 16.0 Å². The van der Waals surface area contributed by atoms with E-state index in [0.717, 1.165) is 16.3 Å². The second-order valence-corrected chi connectivity index (χ2v) is 5.65. The average molecular weight is 247 g/mol. The molecule has 0 aliphatic carbocycles. The molecule has 1 N–H and O–H groups in total. The van der Waals surface area contributed by atoms with Gasteiger partial charge in [0.25, 0.3) is 0 Å². The van der Waals surface area contributed by atoms with Gasteiger partial charge in [-0.1, -0.05) is 29.3 Å². The van der Waals surface area contributed by atoms with Gasteiger partial charge in [-0.25, -0.2) is 4.98 Å². The second-order valence-electron chi connectivity index (χ2n) is 4.51. The van der Waals surface area contributed by atoms with Gasteiger partial charge < -0.3 is 5.11 Å². The first-order valence-corrected chi connectivity index (χ1v) is 6.56. The van der Waals surface area contributed by atoms with Gasteiger partial charge in [0.15, 0.2) is 0 Å². The number of hydrogen-bond acceptors (Lipinski definition) is 3. The van der Waals surface area contributed by atoms with E-state index in [2.05, 4.69) is 37.0 Å². The second kappa shape index (κ2) is 4.98. The third-order valence-corrected chi connectivity index (χ3v) is 3.79. The molecule has 0 saturated carbocycles. The zero-order valence-electron chi connectivity index (χ0n) is 10.4. The maximum absolute atomic E-state index is 9.46. The molecule has 0 saturated heterocycles. The maximum atomic E-state index is 9.46. The Morgan fingerprint density at radius 2 is 1.88 bits per heavy atom. The van der Waals surface area contributed by atoms with Crippen molar-refractivity contribution in [2.24, 2.45) is 0 Å². The molecular formula is C14H17NOS. The Kier molecular flexibility index (Phi) is 3.60. The van der Waals surface area contributed by atoms with Crippen LogP contribution < -0.4 is 0 Å². The predicted molar refractivity (Wildman–Crippen MR) is 71.5 cm³/mol. The zero-order chi connectivity index (χ0) is 12.4. The fourth-order valence-corrected chi connectivity index (χ4v) is 2.84. The van der Waals surface area contributed by atoms with Crippen molar-refractivity contribution in [3.8, 4) is 0 Å². The number of thiazole rings is 1. The molecule has 2 aromatic rings. The minimum absolute atomic E-state index is 0.416. The van der Waals surface area contributed by atoms with Crippen LogP contribution in [0.4, 0.5) is 0 Å². The highest BCUT2D eigenvalue weighted by Crippen LogP contribution is 2.23. The Bertz CT molecular complexity index is 496. The standard InChI is InChI=1S/C14H17NOS/c1-9-4-10(2)6-12(5-9)7-14-15-8-13(17-14)11(3)16/h4-6,8,11,16H,7H2,1-3H3. The van der Waals surface area contributed by atoms with Crippen molar-refractivity contribution < 1.29 is 5.11 Å². The van der Waals surface area contributed by atoms with Gasteiger partial charge in [0, 0.05) is 12.6 Å². The normalized spacial score (nSPS) is 12.7. The van der Waals surface area contributed by atoms with Crippen molar-refractivity contribution in [3.63, 3.8) is 0 Å². The summed E-state index contributed by atoms with van der Waals surface area (Å²) in [7, 11) is 0. The van der Waals surface area contributed by atoms with Crippen molar-refractivity contribution in [3.05, 3.63) is 51.0 Å². The van der Waals surface area contributed by atoms with E-state index in [1.54, 1.807) is 24.5 Å². The Morgan fingerprint density at radius 1 is 1.24 bits per heavy atom. The van der Waals surface area contributed by atoms with Gasteiger partial charge in [0.2, 0.25) is 0 Å². The summed E-state index contributed by atoms with van der Waals surface area (Å²) in [6, 6.07) is 6.56. The lowest BCUT2D eigenvalue weighted by Gasteiger charge is -2.02. The number of hydrogen-bond donors (Lipinski definition) is 1. The van der Waals surface area contributed by atoms with Crippen molar-refractivity contribution in [1.82, 2.24) is 4.98 Å². The molecular weight excluding hydrogens is 230 g/mol. The largest absolute Gasteiger partial charge is 0.388 e.